The van der Waals surface area contributed by atoms with Crippen LogP contribution in [0.4, 0.5) is 0 Å². The third-order valence-corrected chi connectivity index (χ3v) is 0.732. The molecule has 0 rings (SSSR count). The Labute approximate surface area is 60.4 Å². The molecule has 0 spiro atoms. The van der Waals surface area contributed by atoms with Crippen molar-refractivity contribution in [2.45, 2.75) is 13.8 Å². The van der Waals surface area contributed by atoms with E-state index in [1.807, 2.05) is 13.8 Å². The lowest BCUT2D eigenvalue weighted by Crippen LogP contribution is -2.33. The maximum absolute atomic E-state index is 5.15. The second-order valence-electron chi connectivity index (χ2n) is 2.32. The van der Waals surface area contributed by atoms with Crippen LogP contribution in [0.15, 0.2) is 5.10 Å². The van der Waals surface area contributed by atoms with Crippen molar-refractivity contribution in [3.63, 3.8) is 0 Å². The van der Waals surface area contributed by atoms with Crippen LogP contribution in [0.25, 0.3) is 0 Å². The van der Waals surface area contributed by atoms with Gasteiger partial charge in [-0.15, -0.1) is 5.10 Å². The summed E-state index contributed by atoms with van der Waals surface area (Å²) < 4.78 is 0. The van der Waals surface area contributed by atoms with E-state index >= 15 is 0 Å². The molecule has 0 heterocycles. The van der Waals surface area contributed by atoms with Crippen LogP contribution >= 0.6 is 0 Å². The van der Waals surface area contributed by atoms with Crippen LogP contribution in [0.5, 0.6) is 0 Å². The van der Waals surface area contributed by atoms with Crippen molar-refractivity contribution in [2.24, 2.45) is 22.6 Å². The molecule has 0 fully saturated rings. The van der Waals surface area contributed by atoms with Crippen molar-refractivity contribution in [3.05, 3.63) is 0 Å². The zero-order valence-electron chi connectivity index (χ0n) is 6.29. The molecule has 0 amide bonds. The predicted octanol–water partition coefficient (Wildman–Crippen LogP) is -0.648. The molecule has 0 bridgehead atoms. The number of nitrogens with two attached hydrogens (primary N) is 2. The van der Waals surface area contributed by atoms with E-state index in [0.717, 1.165) is 0 Å². The van der Waals surface area contributed by atoms with E-state index in [-0.39, 0.29) is 5.96 Å². The number of nitrogens with zero attached hydrogens (tertiary/aromatic N) is 1. The van der Waals surface area contributed by atoms with Gasteiger partial charge in [0.2, 0.25) is 5.96 Å². The minimum absolute atomic E-state index is 0.0839. The van der Waals surface area contributed by atoms with Crippen molar-refractivity contribution in [1.29, 1.82) is 0 Å². The third kappa shape index (κ3) is 5.17. The molecule has 0 saturated heterocycles. The maximum Gasteiger partial charge on any atom is 0.234 e. The number of rotatable bonds is 3. The highest BCUT2D eigenvalue weighted by atomic mass is 16.6. The number of nitrogens with one attached hydrogen (secondary N) is 1. The molecule has 60 valence electrons. The monoisotopic (exact) mass is 146 g/mol. The Bertz CT molecular complexity index is 112. The quantitative estimate of drug-likeness (QED) is 0.214. The first-order valence-electron chi connectivity index (χ1n) is 3.08. The highest BCUT2D eigenvalue weighted by Crippen LogP contribution is 1.88. The van der Waals surface area contributed by atoms with Crippen LogP contribution < -0.4 is 17.1 Å². The van der Waals surface area contributed by atoms with Gasteiger partial charge in [0.1, 0.15) is 0 Å². The Morgan fingerprint density at radius 3 is 2.70 bits per heavy atom. The zero-order valence-corrected chi connectivity index (χ0v) is 6.29. The van der Waals surface area contributed by atoms with Gasteiger partial charge in [0.05, 0.1) is 6.61 Å². The Kier molecular flexibility index (Phi) is 4.39. The third-order valence-electron chi connectivity index (χ3n) is 0.732. The summed E-state index contributed by atoms with van der Waals surface area (Å²) in [4.78, 5) is 4.86. The molecule has 10 heavy (non-hydrogen) atoms. The standard InChI is InChI=1S/C5H14N4O/c1-4(2)3-10-9-5(6)8-7/h4H,3,7H2,1-2H3,(H3,6,8,9). The summed E-state index contributed by atoms with van der Waals surface area (Å²) in [6.07, 6.45) is 0. The Hall–Kier alpha value is -0.970. The van der Waals surface area contributed by atoms with E-state index < -0.39 is 0 Å². The predicted molar refractivity (Wildman–Crippen MR) is 39.7 cm³/mol. The number of hydrogen-bond acceptors (Lipinski definition) is 3. The van der Waals surface area contributed by atoms with Gasteiger partial charge in [-0.05, 0) is 5.92 Å². The van der Waals surface area contributed by atoms with Crippen LogP contribution in [0.1, 0.15) is 13.8 Å². The van der Waals surface area contributed by atoms with Crippen LogP contribution in [0.2, 0.25) is 0 Å². The van der Waals surface area contributed by atoms with E-state index in [4.69, 9.17) is 16.4 Å². The average Bonchev–Trinajstić information content (AvgIpc) is 1.87. The number of hydrogen-bond donors (Lipinski definition) is 3. The smallest absolute Gasteiger partial charge is 0.234 e. The summed E-state index contributed by atoms with van der Waals surface area (Å²) in [5.74, 6) is 5.35. The van der Waals surface area contributed by atoms with Crippen molar-refractivity contribution in [2.75, 3.05) is 6.61 Å². The first-order chi connectivity index (χ1) is 4.66. The molecule has 0 aromatic carbocycles. The van der Waals surface area contributed by atoms with E-state index in [2.05, 4.69) is 10.6 Å². The Balaban J connectivity index is 3.20. The average molecular weight is 146 g/mol. The maximum atomic E-state index is 5.15. The highest BCUT2D eigenvalue weighted by Gasteiger charge is 1.93. The van der Waals surface area contributed by atoms with Gasteiger partial charge >= 0.3 is 0 Å². The van der Waals surface area contributed by atoms with E-state index in [0.29, 0.717) is 12.5 Å². The van der Waals surface area contributed by atoms with Crippen LogP contribution in [-0.4, -0.2) is 12.6 Å². The minimum atomic E-state index is 0.0839. The Morgan fingerprint density at radius 2 is 2.30 bits per heavy atom. The number of guanidine groups is 1. The van der Waals surface area contributed by atoms with Crippen LogP contribution in [0, 0.1) is 5.92 Å². The van der Waals surface area contributed by atoms with Crippen molar-refractivity contribution < 1.29 is 4.84 Å². The molecule has 5 N–H and O–H groups in total. The highest BCUT2D eigenvalue weighted by molar-refractivity contribution is 5.76. The summed E-state index contributed by atoms with van der Waals surface area (Å²) in [6, 6.07) is 0. The van der Waals surface area contributed by atoms with E-state index in [9.17, 15) is 0 Å². The fraction of sp³-hybridized carbons (Fsp3) is 0.800. The van der Waals surface area contributed by atoms with Gasteiger partial charge in [0.25, 0.3) is 0 Å². The molecule has 0 aromatic heterocycles. The normalized spacial score (nSPS) is 12.1. The zero-order chi connectivity index (χ0) is 7.98. The van der Waals surface area contributed by atoms with Crippen LogP contribution in [0.3, 0.4) is 0 Å². The fourth-order valence-corrected chi connectivity index (χ4v) is 0.309. The van der Waals surface area contributed by atoms with Crippen molar-refractivity contribution in [3.8, 4) is 0 Å². The second-order valence-corrected chi connectivity index (χ2v) is 2.32. The van der Waals surface area contributed by atoms with Gasteiger partial charge in [0, 0.05) is 0 Å². The minimum Gasteiger partial charge on any atom is -0.367 e. The number of hydrazone groups is 1. The van der Waals surface area contributed by atoms with Gasteiger partial charge in [0.15, 0.2) is 0 Å². The molecule has 5 heteroatoms. The van der Waals surface area contributed by atoms with Gasteiger partial charge < -0.3 is 11.6 Å². The van der Waals surface area contributed by atoms with E-state index in [1.165, 1.54) is 0 Å². The molecule has 0 atom stereocenters. The summed E-state index contributed by atoms with van der Waals surface area (Å²) in [5, 5.41) is 3.14. The van der Waals surface area contributed by atoms with Gasteiger partial charge in [-0.25, -0.2) is 5.48 Å². The fourth-order valence-electron chi connectivity index (χ4n) is 0.309. The van der Waals surface area contributed by atoms with Crippen molar-refractivity contribution in [1.82, 2.24) is 5.48 Å². The lowest BCUT2D eigenvalue weighted by molar-refractivity contribution is 0.0631. The molecule has 0 aliphatic rings. The van der Waals surface area contributed by atoms with E-state index in [1.54, 1.807) is 0 Å². The molecular formula is C5H14N4O. The largest absolute Gasteiger partial charge is 0.367 e. The molecule has 0 aliphatic heterocycles. The van der Waals surface area contributed by atoms with Gasteiger partial charge in [-0.2, -0.15) is 0 Å². The van der Waals surface area contributed by atoms with Gasteiger partial charge in [-0.1, -0.05) is 13.8 Å². The topological polar surface area (TPSA) is 85.7 Å². The van der Waals surface area contributed by atoms with Crippen molar-refractivity contribution >= 4 is 5.96 Å². The summed E-state index contributed by atoms with van der Waals surface area (Å²) in [5.41, 5.74) is 7.51. The van der Waals surface area contributed by atoms with Gasteiger partial charge in [-0.3, -0.25) is 4.84 Å². The molecule has 0 aliphatic carbocycles. The molecule has 5 nitrogen and oxygen atoms in total. The SMILES string of the molecule is CC(C)CON/C(N)=N/N. The summed E-state index contributed by atoms with van der Waals surface area (Å²) >= 11 is 0. The molecule has 0 radical (unpaired) electrons. The number of hydroxylamine groups is 1. The first kappa shape index (κ1) is 9.03. The summed E-state index contributed by atoms with van der Waals surface area (Å²) in [6.45, 7) is 4.63. The molecule has 0 saturated carbocycles. The summed E-state index contributed by atoms with van der Waals surface area (Å²) in [7, 11) is 0. The first-order valence-corrected chi connectivity index (χ1v) is 3.08. The lowest BCUT2D eigenvalue weighted by Gasteiger charge is -2.06. The molecular weight excluding hydrogens is 132 g/mol. The second kappa shape index (κ2) is 4.87. The van der Waals surface area contributed by atoms with Crippen LogP contribution in [-0.2, 0) is 4.84 Å². The lowest BCUT2D eigenvalue weighted by atomic mass is 10.2. The molecule has 0 unspecified atom stereocenters. The molecule has 0 aromatic rings. The Morgan fingerprint density at radius 1 is 1.70 bits per heavy atom.